The summed E-state index contributed by atoms with van der Waals surface area (Å²) in [6, 6.07) is 18.8. The second-order valence-corrected chi connectivity index (χ2v) is 9.16. The van der Waals surface area contributed by atoms with Crippen molar-refractivity contribution in [2.75, 3.05) is 44.3 Å². The van der Waals surface area contributed by atoms with Gasteiger partial charge in [0.05, 0.1) is 12.8 Å². The van der Waals surface area contributed by atoms with E-state index in [4.69, 9.17) is 10.5 Å². The minimum absolute atomic E-state index is 0.0325. The van der Waals surface area contributed by atoms with E-state index in [1.54, 1.807) is 68.7 Å². The summed E-state index contributed by atoms with van der Waals surface area (Å²) in [7, 11) is 0.756. The van der Waals surface area contributed by atoms with Gasteiger partial charge in [0.1, 0.15) is 10.6 Å². The van der Waals surface area contributed by atoms with E-state index in [1.165, 1.54) is 18.1 Å². The lowest BCUT2D eigenvalue weighted by Crippen LogP contribution is -2.22. The molecule has 0 aliphatic heterocycles. The van der Waals surface area contributed by atoms with E-state index in [0.29, 0.717) is 35.5 Å². The van der Waals surface area contributed by atoms with Crippen LogP contribution in [0.15, 0.2) is 71.6 Å². The largest absolute Gasteiger partial charge is 0.495 e. The van der Waals surface area contributed by atoms with Gasteiger partial charge in [-0.1, -0.05) is 30.3 Å². The molecule has 0 aromatic heterocycles. The van der Waals surface area contributed by atoms with Crippen molar-refractivity contribution in [2.45, 2.75) is 4.90 Å². The zero-order chi connectivity index (χ0) is 24.0. The molecule has 4 N–H and O–H groups in total. The van der Waals surface area contributed by atoms with Gasteiger partial charge >= 0.3 is 0 Å². The van der Waals surface area contributed by atoms with Crippen LogP contribution in [0.4, 0.5) is 11.4 Å². The fourth-order valence-electron chi connectivity index (χ4n) is 3.34. The summed E-state index contributed by atoms with van der Waals surface area (Å²) in [5, 5.41) is 3.12. The molecule has 3 aromatic rings. The molecule has 0 atom stereocenters. The predicted molar refractivity (Wildman–Crippen MR) is 131 cm³/mol. The van der Waals surface area contributed by atoms with Crippen molar-refractivity contribution in [3.05, 3.63) is 72.3 Å². The van der Waals surface area contributed by atoms with Crippen LogP contribution in [0.25, 0.3) is 11.1 Å². The highest BCUT2D eigenvalue weighted by Gasteiger charge is 2.22. The summed E-state index contributed by atoms with van der Waals surface area (Å²) in [4.78, 5) is 14.1. The van der Waals surface area contributed by atoms with Crippen molar-refractivity contribution in [1.82, 2.24) is 4.90 Å². The molecule has 0 saturated heterocycles. The Morgan fingerprint density at radius 2 is 1.73 bits per heavy atom. The molecule has 0 spiro atoms. The first-order valence-electron chi connectivity index (χ1n) is 10.3. The molecule has 0 bridgehead atoms. The smallest absolute Gasteiger partial charge is 0.265 e. The fourth-order valence-corrected chi connectivity index (χ4v) is 4.58. The quantitative estimate of drug-likeness (QED) is 0.444. The van der Waals surface area contributed by atoms with Crippen LogP contribution in [-0.2, 0) is 10.0 Å². The Morgan fingerprint density at radius 1 is 1.00 bits per heavy atom. The number of hydrogen-bond donors (Lipinski definition) is 3. The van der Waals surface area contributed by atoms with Gasteiger partial charge in [-0.25, -0.2) is 8.42 Å². The number of nitrogens with two attached hydrogens (primary N) is 1. The number of nitrogens with zero attached hydrogens (tertiary/aromatic N) is 1. The predicted octanol–water partition coefficient (Wildman–Crippen LogP) is 3.24. The van der Waals surface area contributed by atoms with Gasteiger partial charge in [0.25, 0.3) is 15.9 Å². The van der Waals surface area contributed by atoms with Gasteiger partial charge in [-0.05, 0) is 47.5 Å². The highest BCUT2D eigenvalue weighted by Crippen LogP contribution is 2.33. The van der Waals surface area contributed by atoms with Gasteiger partial charge in [-0.2, -0.15) is 0 Å². The molecule has 3 rings (SSSR count). The number of carbonyl (C=O) groups is 1. The van der Waals surface area contributed by atoms with Crippen LogP contribution < -0.4 is 20.5 Å². The molecule has 0 aliphatic rings. The van der Waals surface area contributed by atoms with E-state index < -0.39 is 10.0 Å². The van der Waals surface area contributed by atoms with Gasteiger partial charge in [-0.3, -0.25) is 9.52 Å². The van der Waals surface area contributed by atoms with Crippen molar-refractivity contribution in [1.29, 1.82) is 0 Å². The maximum absolute atomic E-state index is 13.3. The second kappa shape index (κ2) is 10.4. The molecule has 33 heavy (non-hydrogen) atoms. The van der Waals surface area contributed by atoms with Gasteiger partial charge in [0.15, 0.2) is 0 Å². The SMILES string of the molecule is COc1ccc(-c2ccccc2C(=O)N(C)C)cc1S(=O)(=O)Nc1cccc(NCCN)c1. The van der Waals surface area contributed by atoms with Gasteiger partial charge in [0, 0.05) is 38.4 Å². The van der Waals surface area contributed by atoms with E-state index in [0.717, 1.165) is 5.69 Å². The molecule has 0 unspecified atom stereocenters. The zero-order valence-corrected chi connectivity index (χ0v) is 19.6. The Kier molecular flexibility index (Phi) is 7.57. The first kappa shape index (κ1) is 24.1. The summed E-state index contributed by atoms with van der Waals surface area (Å²) in [5.41, 5.74) is 8.35. The molecule has 9 heteroatoms. The van der Waals surface area contributed by atoms with Crippen molar-refractivity contribution in [3.63, 3.8) is 0 Å². The molecular weight excluding hydrogens is 440 g/mol. The second-order valence-electron chi connectivity index (χ2n) is 7.51. The lowest BCUT2D eigenvalue weighted by Gasteiger charge is -2.17. The van der Waals surface area contributed by atoms with E-state index >= 15 is 0 Å². The average Bonchev–Trinajstić information content (AvgIpc) is 2.81. The number of benzene rings is 3. The first-order chi connectivity index (χ1) is 15.8. The zero-order valence-electron chi connectivity index (χ0n) is 18.8. The molecular formula is C24H28N4O4S. The number of methoxy groups -OCH3 is 1. The van der Waals surface area contributed by atoms with Gasteiger partial charge in [-0.15, -0.1) is 0 Å². The number of ether oxygens (including phenoxy) is 1. The first-order valence-corrected chi connectivity index (χ1v) is 11.8. The van der Waals surface area contributed by atoms with E-state index in [2.05, 4.69) is 10.0 Å². The Labute approximate surface area is 194 Å². The number of nitrogens with one attached hydrogen (secondary N) is 2. The molecule has 0 aliphatic carbocycles. The Bertz CT molecular complexity index is 1240. The Morgan fingerprint density at radius 3 is 2.42 bits per heavy atom. The Hall–Kier alpha value is -3.56. The number of sulfonamides is 1. The van der Waals surface area contributed by atoms with Crippen LogP contribution in [0, 0.1) is 0 Å². The highest BCUT2D eigenvalue weighted by molar-refractivity contribution is 7.92. The number of hydrogen-bond acceptors (Lipinski definition) is 6. The standard InChI is InChI=1S/C24H28N4O4S/c1-28(2)24(29)21-10-5-4-9-20(21)17-11-12-22(32-3)23(15-17)33(30,31)27-19-8-6-7-18(16-19)26-14-13-25/h4-12,15-16,26-27H,13-14,25H2,1-3H3. The molecule has 8 nitrogen and oxygen atoms in total. The van der Waals surface area contributed by atoms with Crippen LogP contribution in [0.5, 0.6) is 5.75 Å². The molecule has 0 heterocycles. The summed E-state index contributed by atoms with van der Waals surface area (Å²) < 4.78 is 34.6. The van der Waals surface area contributed by atoms with Crippen molar-refractivity contribution in [3.8, 4) is 16.9 Å². The molecule has 0 fully saturated rings. The maximum Gasteiger partial charge on any atom is 0.265 e. The van der Waals surface area contributed by atoms with E-state index in [-0.39, 0.29) is 16.6 Å². The van der Waals surface area contributed by atoms with E-state index in [1.807, 2.05) is 6.07 Å². The molecule has 174 valence electrons. The highest BCUT2D eigenvalue weighted by atomic mass is 32.2. The monoisotopic (exact) mass is 468 g/mol. The third-order valence-corrected chi connectivity index (χ3v) is 6.32. The van der Waals surface area contributed by atoms with Crippen LogP contribution in [0.3, 0.4) is 0 Å². The summed E-state index contributed by atoms with van der Waals surface area (Å²) in [6.45, 7) is 1.02. The Balaban J connectivity index is 2.03. The lowest BCUT2D eigenvalue weighted by molar-refractivity contribution is 0.0828. The number of rotatable bonds is 9. The third-order valence-electron chi connectivity index (χ3n) is 4.92. The van der Waals surface area contributed by atoms with Gasteiger partial charge < -0.3 is 20.7 Å². The maximum atomic E-state index is 13.3. The normalized spacial score (nSPS) is 11.0. The lowest BCUT2D eigenvalue weighted by atomic mass is 9.99. The molecule has 1 amide bonds. The van der Waals surface area contributed by atoms with Gasteiger partial charge in [0.2, 0.25) is 0 Å². The summed E-state index contributed by atoms with van der Waals surface area (Å²) >= 11 is 0. The number of amides is 1. The van der Waals surface area contributed by atoms with Crippen LogP contribution >= 0.6 is 0 Å². The topological polar surface area (TPSA) is 114 Å². The van der Waals surface area contributed by atoms with Crippen molar-refractivity contribution in [2.24, 2.45) is 5.73 Å². The molecule has 3 aromatic carbocycles. The molecule has 0 saturated carbocycles. The van der Waals surface area contributed by atoms with E-state index in [9.17, 15) is 13.2 Å². The number of carbonyl (C=O) groups excluding carboxylic acids is 1. The third kappa shape index (κ3) is 5.63. The minimum Gasteiger partial charge on any atom is -0.495 e. The van der Waals surface area contributed by atoms with Crippen molar-refractivity contribution >= 4 is 27.3 Å². The van der Waals surface area contributed by atoms with Crippen LogP contribution in [-0.4, -0.2) is 53.5 Å². The van der Waals surface area contributed by atoms with Crippen LogP contribution in [0.1, 0.15) is 10.4 Å². The molecule has 0 radical (unpaired) electrons. The fraction of sp³-hybridized carbons (Fsp3) is 0.208. The van der Waals surface area contributed by atoms with Crippen LogP contribution in [0.2, 0.25) is 0 Å². The average molecular weight is 469 g/mol. The summed E-state index contributed by atoms with van der Waals surface area (Å²) in [6.07, 6.45) is 0. The number of anilines is 2. The summed E-state index contributed by atoms with van der Waals surface area (Å²) in [5.74, 6) is 0.0193. The minimum atomic E-state index is -4.00. The van der Waals surface area contributed by atoms with Crippen molar-refractivity contribution < 1.29 is 17.9 Å².